The van der Waals surface area contributed by atoms with E-state index in [-0.39, 0.29) is 5.78 Å². The first-order valence-corrected chi connectivity index (χ1v) is 7.10. The van der Waals surface area contributed by atoms with E-state index in [1.165, 1.54) is 16.9 Å². The van der Waals surface area contributed by atoms with Gasteiger partial charge in [-0.25, -0.2) is 0 Å². The van der Waals surface area contributed by atoms with Gasteiger partial charge in [0.2, 0.25) is 0 Å². The summed E-state index contributed by atoms with van der Waals surface area (Å²) in [6.45, 7) is 2.00. The van der Waals surface area contributed by atoms with Crippen molar-refractivity contribution in [2.24, 2.45) is 0 Å². The normalized spacial score (nSPS) is 13.6. The average Bonchev–Trinajstić information content (AvgIpc) is 2.92. The second kappa shape index (κ2) is 4.65. The molecule has 2 aromatic heterocycles. The Balaban J connectivity index is 1.76. The van der Waals surface area contributed by atoms with Crippen molar-refractivity contribution in [1.82, 2.24) is 4.98 Å². The van der Waals surface area contributed by atoms with Gasteiger partial charge in [-0.1, -0.05) is 6.07 Å². The fourth-order valence-electron chi connectivity index (χ4n) is 2.32. The Morgan fingerprint density at radius 3 is 3.00 bits per heavy atom. The van der Waals surface area contributed by atoms with E-state index in [0.29, 0.717) is 6.42 Å². The zero-order chi connectivity index (χ0) is 12.5. The quantitative estimate of drug-likeness (QED) is 0.789. The van der Waals surface area contributed by atoms with Crippen LogP contribution in [0.4, 0.5) is 0 Å². The van der Waals surface area contributed by atoms with Crippen LogP contribution in [0.5, 0.6) is 0 Å². The number of ketones is 1. The van der Waals surface area contributed by atoms with E-state index in [9.17, 15) is 4.79 Å². The minimum absolute atomic E-state index is 0.200. The Bertz CT molecular complexity index is 562. The van der Waals surface area contributed by atoms with Crippen molar-refractivity contribution in [1.29, 1.82) is 0 Å². The summed E-state index contributed by atoms with van der Waals surface area (Å²) >= 11 is 1.68. The van der Waals surface area contributed by atoms with Crippen LogP contribution in [0.15, 0.2) is 24.4 Å². The molecule has 3 rings (SSSR count). The molecule has 0 spiro atoms. The van der Waals surface area contributed by atoms with Crippen molar-refractivity contribution >= 4 is 17.1 Å². The van der Waals surface area contributed by atoms with E-state index >= 15 is 0 Å². The second-order valence-electron chi connectivity index (χ2n) is 4.84. The maximum atomic E-state index is 12.2. The van der Waals surface area contributed by atoms with Gasteiger partial charge in [0.05, 0.1) is 11.3 Å². The average molecular weight is 257 g/mol. The summed E-state index contributed by atoms with van der Waals surface area (Å²) in [6, 6.07) is 6.03. The van der Waals surface area contributed by atoms with Crippen molar-refractivity contribution < 1.29 is 4.79 Å². The fourth-order valence-corrected chi connectivity index (χ4v) is 3.51. The summed E-state index contributed by atoms with van der Waals surface area (Å²) in [6.07, 6.45) is 5.77. The number of fused-ring (bicyclic) bond motifs is 1. The maximum Gasteiger partial charge on any atom is 0.178 e. The first-order valence-electron chi connectivity index (χ1n) is 6.29. The lowest BCUT2D eigenvalue weighted by atomic mass is 10.1. The van der Waals surface area contributed by atoms with Gasteiger partial charge >= 0.3 is 0 Å². The van der Waals surface area contributed by atoms with Crippen LogP contribution in [-0.2, 0) is 19.3 Å². The summed E-state index contributed by atoms with van der Waals surface area (Å²) in [7, 11) is 0. The van der Waals surface area contributed by atoms with Gasteiger partial charge in [0.1, 0.15) is 0 Å². The molecule has 0 atom stereocenters. The molecule has 0 unspecified atom stereocenters. The summed E-state index contributed by atoms with van der Waals surface area (Å²) in [5.41, 5.74) is 3.38. The predicted octanol–water partition coefficient (Wildman–Crippen LogP) is 3.37. The summed E-state index contributed by atoms with van der Waals surface area (Å²) in [4.78, 5) is 18.8. The van der Waals surface area contributed by atoms with Crippen LogP contribution in [0.25, 0.3) is 0 Å². The topological polar surface area (TPSA) is 30.0 Å². The molecule has 0 saturated heterocycles. The second-order valence-corrected chi connectivity index (χ2v) is 5.98. The molecule has 2 aromatic rings. The standard InChI is InChI=1S/C15H15NOS/c1-10-5-6-12(16-9-10)8-13(17)15-7-11-3-2-4-14(11)18-15/h5-7,9H,2-4,8H2,1H3. The monoisotopic (exact) mass is 257 g/mol. The van der Waals surface area contributed by atoms with Gasteiger partial charge in [-0.3, -0.25) is 9.78 Å². The molecular weight excluding hydrogens is 242 g/mol. The third-order valence-electron chi connectivity index (χ3n) is 3.34. The van der Waals surface area contributed by atoms with Crippen molar-refractivity contribution in [2.75, 3.05) is 0 Å². The number of aryl methyl sites for hydroxylation is 3. The highest BCUT2D eigenvalue weighted by Gasteiger charge is 2.18. The summed E-state index contributed by atoms with van der Waals surface area (Å²) in [5, 5.41) is 0. The molecule has 0 aliphatic heterocycles. The van der Waals surface area contributed by atoms with Crippen molar-refractivity contribution in [2.45, 2.75) is 32.6 Å². The Hall–Kier alpha value is -1.48. The SMILES string of the molecule is Cc1ccc(CC(=O)c2cc3c(s2)CCC3)nc1. The lowest BCUT2D eigenvalue weighted by Crippen LogP contribution is -2.03. The van der Waals surface area contributed by atoms with E-state index in [0.717, 1.165) is 29.0 Å². The fraction of sp³-hybridized carbons (Fsp3) is 0.333. The zero-order valence-electron chi connectivity index (χ0n) is 10.4. The molecule has 0 N–H and O–H groups in total. The number of hydrogen-bond acceptors (Lipinski definition) is 3. The Labute approximate surface area is 111 Å². The highest BCUT2D eigenvalue weighted by Crippen LogP contribution is 2.31. The first kappa shape index (κ1) is 11.6. The number of thiophene rings is 1. The van der Waals surface area contributed by atoms with Crippen LogP contribution < -0.4 is 0 Å². The molecule has 0 radical (unpaired) electrons. The van der Waals surface area contributed by atoms with Crippen LogP contribution in [0.2, 0.25) is 0 Å². The van der Waals surface area contributed by atoms with Gasteiger partial charge in [-0.15, -0.1) is 11.3 Å². The van der Waals surface area contributed by atoms with Crippen LogP contribution in [0, 0.1) is 6.92 Å². The van der Waals surface area contributed by atoms with Gasteiger partial charge in [0.15, 0.2) is 5.78 Å². The first-order chi connectivity index (χ1) is 8.72. The number of rotatable bonds is 3. The number of carbonyl (C=O) groups is 1. The number of nitrogens with zero attached hydrogens (tertiary/aromatic N) is 1. The minimum atomic E-state index is 0.200. The van der Waals surface area contributed by atoms with E-state index in [4.69, 9.17) is 0 Å². The van der Waals surface area contributed by atoms with Crippen LogP contribution in [0.1, 0.15) is 37.8 Å². The van der Waals surface area contributed by atoms with E-state index in [1.54, 1.807) is 11.3 Å². The molecule has 0 bridgehead atoms. The molecule has 92 valence electrons. The van der Waals surface area contributed by atoms with Crippen LogP contribution in [-0.4, -0.2) is 10.8 Å². The molecular formula is C15H15NOS. The van der Waals surface area contributed by atoms with Gasteiger partial charge in [0, 0.05) is 16.8 Å². The van der Waals surface area contributed by atoms with E-state index < -0.39 is 0 Å². The smallest absolute Gasteiger partial charge is 0.178 e. The number of pyridine rings is 1. The summed E-state index contributed by atoms with van der Waals surface area (Å²) in [5.74, 6) is 0.200. The lowest BCUT2D eigenvalue weighted by molar-refractivity contribution is 0.0995. The van der Waals surface area contributed by atoms with Crippen molar-refractivity contribution in [3.8, 4) is 0 Å². The molecule has 0 amide bonds. The van der Waals surface area contributed by atoms with Gasteiger partial charge in [-0.2, -0.15) is 0 Å². The molecule has 18 heavy (non-hydrogen) atoms. The molecule has 2 heterocycles. The van der Waals surface area contributed by atoms with Gasteiger partial charge in [-0.05, 0) is 49.4 Å². The van der Waals surface area contributed by atoms with E-state index in [2.05, 4.69) is 11.1 Å². The molecule has 0 aromatic carbocycles. The zero-order valence-corrected chi connectivity index (χ0v) is 11.2. The van der Waals surface area contributed by atoms with Gasteiger partial charge < -0.3 is 0 Å². The number of Topliss-reactive ketones (excluding diaryl/α,β-unsaturated/α-hetero) is 1. The Kier molecular flexibility index (Phi) is 3.00. The molecule has 1 aliphatic rings. The number of aromatic nitrogens is 1. The van der Waals surface area contributed by atoms with Crippen molar-refractivity contribution in [3.05, 3.63) is 51.0 Å². The molecule has 3 heteroatoms. The van der Waals surface area contributed by atoms with Crippen LogP contribution in [0.3, 0.4) is 0 Å². The van der Waals surface area contributed by atoms with Crippen molar-refractivity contribution in [3.63, 3.8) is 0 Å². The minimum Gasteiger partial charge on any atom is -0.293 e. The summed E-state index contributed by atoms with van der Waals surface area (Å²) < 4.78 is 0. The van der Waals surface area contributed by atoms with Crippen LogP contribution >= 0.6 is 11.3 Å². The Morgan fingerprint density at radius 1 is 1.39 bits per heavy atom. The molecule has 0 saturated carbocycles. The maximum absolute atomic E-state index is 12.2. The molecule has 2 nitrogen and oxygen atoms in total. The number of carbonyl (C=O) groups excluding carboxylic acids is 1. The third-order valence-corrected chi connectivity index (χ3v) is 4.61. The number of hydrogen-bond donors (Lipinski definition) is 0. The highest BCUT2D eigenvalue weighted by atomic mass is 32.1. The highest BCUT2D eigenvalue weighted by molar-refractivity contribution is 7.14. The lowest BCUT2D eigenvalue weighted by Gasteiger charge is -1.99. The Morgan fingerprint density at radius 2 is 2.28 bits per heavy atom. The van der Waals surface area contributed by atoms with E-state index in [1.807, 2.05) is 25.3 Å². The van der Waals surface area contributed by atoms with Gasteiger partial charge in [0.25, 0.3) is 0 Å². The molecule has 0 fully saturated rings. The molecule has 1 aliphatic carbocycles. The largest absolute Gasteiger partial charge is 0.293 e. The third kappa shape index (κ3) is 2.23. The predicted molar refractivity (Wildman–Crippen MR) is 73.4 cm³/mol.